The van der Waals surface area contributed by atoms with Crippen molar-refractivity contribution in [3.8, 4) is 22.8 Å². The molecule has 1 aromatic heterocycles. The molecule has 2 aliphatic heterocycles. The van der Waals surface area contributed by atoms with Gasteiger partial charge < -0.3 is 19.3 Å². The Kier molecular flexibility index (Phi) is 4.02. The SMILES string of the molecule is CC(=O)N1CCN(C(=O)c2cc(-c3ccc4c(c3)OCO4)n(C)n2)CC1. The van der Waals surface area contributed by atoms with Crippen LogP contribution < -0.4 is 9.47 Å². The molecule has 0 aliphatic carbocycles. The van der Waals surface area contributed by atoms with Crippen LogP contribution in [0.1, 0.15) is 17.4 Å². The number of hydrogen-bond donors (Lipinski definition) is 0. The molecular formula is C18H20N4O4. The summed E-state index contributed by atoms with van der Waals surface area (Å²) in [6.07, 6.45) is 0. The van der Waals surface area contributed by atoms with Gasteiger partial charge in [-0.2, -0.15) is 5.10 Å². The highest BCUT2D eigenvalue weighted by molar-refractivity contribution is 5.93. The predicted molar refractivity (Wildman–Crippen MR) is 92.9 cm³/mol. The third kappa shape index (κ3) is 2.87. The number of aryl methyl sites for hydroxylation is 1. The van der Waals surface area contributed by atoms with E-state index in [0.29, 0.717) is 37.6 Å². The minimum atomic E-state index is -0.115. The van der Waals surface area contributed by atoms with Crippen LogP contribution in [0.5, 0.6) is 11.5 Å². The average Bonchev–Trinajstić information content (AvgIpc) is 3.26. The molecule has 0 bridgehead atoms. The molecule has 2 aromatic rings. The van der Waals surface area contributed by atoms with Gasteiger partial charge in [-0.3, -0.25) is 14.3 Å². The Labute approximate surface area is 150 Å². The Morgan fingerprint density at radius 1 is 1.00 bits per heavy atom. The van der Waals surface area contributed by atoms with Crippen LogP contribution in [0.4, 0.5) is 0 Å². The molecule has 1 aromatic carbocycles. The number of benzene rings is 1. The molecule has 8 heteroatoms. The number of piperazine rings is 1. The molecule has 0 unspecified atom stereocenters. The molecule has 0 N–H and O–H groups in total. The van der Waals surface area contributed by atoms with E-state index in [9.17, 15) is 9.59 Å². The lowest BCUT2D eigenvalue weighted by atomic mass is 10.1. The molecule has 26 heavy (non-hydrogen) atoms. The molecule has 136 valence electrons. The highest BCUT2D eigenvalue weighted by atomic mass is 16.7. The first-order valence-corrected chi connectivity index (χ1v) is 8.52. The lowest BCUT2D eigenvalue weighted by molar-refractivity contribution is -0.130. The van der Waals surface area contributed by atoms with Crippen LogP contribution in [0.15, 0.2) is 24.3 Å². The van der Waals surface area contributed by atoms with E-state index in [1.807, 2.05) is 25.2 Å². The zero-order valence-electron chi connectivity index (χ0n) is 14.8. The van der Waals surface area contributed by atoms with Crippen molar-refractivity contribution >= 4 is 11.8 Å². The maximum atomic E-state index is 12.8. The highest BCUT2D eigenvalue weighted by Gasteiger charge is 2.26. The van der Waals surface area contributed by atoms with Gasteiger partial charge in [0, 0.05) is 45.7 Å². The van der Waals surface area contributed by atoms with Crippen molar-refractivity contribution in [2.45, 2.75) is 6.92 Å². The van der Waals surface area contributed by atoms with Gasteiger partial charge in [0.1, 0.15) is 0 Å². The van der Waals surface area contributed by atoms with Gasteiger partial charge in [-0.1, -0.05) is 0 Å². The normalized spacial score (nSPS) is 16.1. The maximum absolute atomic E-state index is 12.8. The fourth-order valence-electron chi connectivity index (χ4n) is 3.28. The number of amides is 2. The standard InChI is InChI=1S/C18H20N4O4/c1-12(23)21-5-7-22(8-6-21)18(24)14-10-15(20(2)19-14)13-3-4-16-17(9-13)26-11-25-16/h3-4,9-10H,5-8,11H2,1-2H3. The summed E-state index contributed by atoms with van der Waals surface area (Å²) in [5.74, 6) is 1.34. The van der Waals surface area contributed by atoms with Gasteiger partial charge in [0.2, 0.25) is 12.7 Å². The minimum absolute atomic E-state index is 0.0417. The summed E-state index contributed by atoms with van der Waals surface area (Å²) >= 11 is 0. The van der Waals surface area contributed by atoms with Crippen molar-refractivity contribution in [2.75, 3.05) is 33.0 Å². The van der Waals surface area contributed by atoms with E-state index in [4.69, 9.17) is 9.47 Å². The van der Waals surface area contributed by atoms with Crippen molar-refractivity contribution in [2.24, 2.45) is 7.05 Å². The Bertz CT molecular complexity index is 868. The lowest BCUT2D eigenvalue weighted by Crippen LogP contribution is -2.50. The van der Waals surface area contributed by atoms with Crippen molar-refractivity contribution in [3.05, 3.63) is 30.0 Å². The van der Waals surface area contributed by atoms with E-state index >= 15 is 0 Å². The number of hydrogen-bond acceptors (Lipinski definition) is 5. The van der Waals surface area contributed by atoms with Crippen LogP contribution >= 0.6 is 0 Å². The summed E-state index contributed by atoms with van der Waals surface area (Å²) in [7, 11) is 1.81. The summed E-state index contributed by atoms with van der Waals surface area (Å²) in [4.78, 5) is 27.7. The van der Waals surface area contributed by atoms with E-state index in [1.54, 1.807) is 27.5 Å². The number of rotatable bonds is 2. The molecule has 2 aliphatic rings. The van der Waals surface area contributed by atoms with E-state index < -0.39 is 0 Å². The van der Waals surface area contributed by atoms with Crippen LogP contribution in [-0.4, -0.2) is 64.4 Å². The molecule has 0 atom stereocenters. The summed E-state index contributed by atoms with van der Waals surface area (Å²) in [6, 6.07) is 7.45. The summed E-state index contributed by atoms with van der Waals surface area (Å²) in [6.45, 7) is 3.93. The minimum Gasteiger partial charge on any atom is -0.454 e. The van der Waals surface area contributed by atoms with Crippen LogP contribution in [0.25, 0.3) is 11.3 Å². The second-order valence-electron chi connectivity index (χ2n) is 6.40. The molecule has 8 nitrogen and oxygen atoms in total. The van der Waals surface area contributed by atoms with E-state index in [1.165, 1.54) is 0 Å². The topological polar surface area (TPSA) is 76.9 Å². The van der Waals surface area contributed by atoms with Gasteiger partial charge in [0.25, 0.3) is 5.91 Å². The maximum Gasteiger partial charge on any atom is 0.274 e. The van der Waals surface area contributed by atoms with Crippen molar-refractivity contribution < 1.29 is 19.1 Å². The number of fused-ring (bicyclic) bond motifs is 1. The second kappa shape index (κ2) is 6.36. The molecule has 0 saturated carbocycles. The number of nitrogens with zero attached hydrogens (tertiary/aromatic N) is 4. The Morgan fingerprint density at radius 3 is 2.42 bits per heavy atom. The van der Waals surface area contributed by atoms with Gasteiger partial charge in [-0.05, 0) is 24.3 Å². The fraction of sp³-hybridized carbons (Fsp3) is 0.389. The first-order chi connectivity index (χ1) is 12.5. The van der Waals surface area contributed by atoms with Crippen molar-refractivity contribution in [1.82, 2.24) is 19.6 Å². The quantitative estimate of drug-likeness (QED) is 0.806. The summed E-state index contributed by atoms with van der Waals surface area (Å²) in [5.41, 5.74) is 2.13. The number of carbonyl (C=O) groups is 2. The van der Waals surface area contributed by atoms with Crippen LogP contribution in [0, 0.1) is 0 Å². The zero-order chi connectivity index (χ0) is 18.3. The summed E-state index contributed by atoms with van der Waals surface area (Å²) in [5, 5.41) is 4.38. The fourth-order valence-corrected chi connectivity index (χ4v) is 3.28. The van der Waals surface area contributed by atoms with E-state index in [0.717, 1.165) is 17.0 Å². The van der Waals surface area contributed by atoms with Gasteiger partial charge in [0.15, 0.2) is 17.2 Å². The number of ether oxygens (including phenoxy) is 2. The van der Waals surface area contributed by atoms with Gasteiger partial charge in [-0.15, -0.1) is 0 Å². The third-order valence-corrected chi connectivity index (χ3v) is 4.78. The Hall–Kier alpha value is -3.03. The van der Waals surface area contributed by atoms with E-state index in [-0.39, 0.29) is 18.6 Å². The highest BCUT2D eigenvalue weighted by Crippen LogP contribution is 2.36. The predicted octanol–water partition coefficient (Wildman–Crippen LogP) is 1.12. The molecular weight excluding hydrogens is 336 g/mol. The Morgan fingerprint density at radius 2 is 1.69 bits per heavy atom. The average molecular weight is 356 g/mol. The summed E-state index contributed by atoms with van der Waals surface area (Å²) < 4.78 is 12.4. The molecule has 0 radical (unpaired) electrons. The first kappa shape index (κ1) is 16.4. The van der Waals surface area contributed by atoms with Gasteiger partial charge in [0.05, 0.1) is 5.69 Å². The Balaban J connectivity index is 1.53. The van der Waals surface area contributed by atoms with Gasteiger partial charge >= 0.3 is 0 Å². The van der Waals surface area contributed by atoms with Gasteiger partial charge in [-0.25, -0.2) is 0 Å². The molecule has 1 saturated heterocycles. The molecule has 0 spiro atoms. The van der Waals surface area contributed by atoms with Crippen LogP contribution in [0.3, 0.4) is 0 Å². The number of carbonyl (C=O) groups excluding carboxylic acids is 2. The third-order valence-electron chi connectivity index (χ3n) is 4.78. The molecule has 3 heterocycles. The van der Waals surface area contributed by atoms with E-state index in [2.05, 4.69) is 5.10 Å². The number of aromatic nitrogens is 2. The molecule has 1 fully saturated rings. The second-order valence-corrected chi connectivity index (χ2v) is 6.40. The smallest absolute Gasteiger partial charge is 0.274 e. The van der Waals surface area contributed by atoms with Crippen LogP contribution in [0.2, 0.25) is 0 Å². The van der Waals surface area contributed by atoms with Crippen molar-refractivity contribution in [3.63, 3.8) is 0 Å². The molecule has 4 rings (SSSR count). The lowest BCUT2D eigenvalue weighted by Gasteiger charge is -2.33. The van der Waals surface area contributed by atoms with Crippen molar-refractivity contribution in [1.29, 1.82) is 0 Å². The first-order valence-electron chi connectivity index (χ1n) is 8.52. The van der Waals surface area contributed by atoms with Crippen LogP contribution in [-0.2, 0) is 11.8 Å². The molecule has 2 amide bonds. The zero-order valence-corrected chi connectivity index (χ0v) is 14.8. The largest absolute Gasteiger partial charge is 0.454 e. The monoisotopic (exact) mass is 356 g/mol.